The largest absolute Gasteiger partial charge is 0.386 e. The summed E-state index contributed by atoms with van der Waals surface area (Å²) in [4.78, 5) is 11.7. The van der Waals surface area contributed by atoms with Gasteiger partial charge in [-0.15, -0.1) is 0 Å². The summed E-state index contributed by atoms with van der Waals surface area (Å²) in [6, 6.07) is -0.504. The molecule has 0 spiro atoms. The van der Waals surface area contributed by atoms with Gasteiger partial charge in [-0.3, -0.25) is 4.79 Å². The van der Waals surface area contributed by atoms with Crippen LogP contribution in [0.15, 0.2) is 0 Å². The minimum absolute atomic E-state index is 0.148. The number of nitrogens with two attached hydrogens (primary N) is 1. The maximum Gasteiger partial charge on any atom is 0.237 e. The quantitative estimate of drug-likeness (QED) is 0.601. The Labute approximate surface area is 96.3 Å². The Kier molecular flexibility index (Phi) is 4.70. The zero-order valence-electron chi connectivity index (χ0n) is 10.0. The maximum absolute atomic E-state index is 11.7. The SMILES string of the molecule is CC[C@H](C)[C@H](N)C(=O)NCC1(O)CCOC1. The van der Waals surface area contributed by atoms with Crippen LogP contribution in [0.2, 0.25) is 0 Å². The Bertz CT molecular complexity index is 239. The van der Waals surface area contributed by atoms with E-state index in [9.17, 15) is 9.90 Å². The first kappa shape index (κ1) is 13.4. The van der Waals surface area contributed by atoms with Crippen molar-refractivity contribution < 1.29 is 14.6 Å². The summed E-state index contributed by atoms with van der Waals surface area (Å²) in [5, 5.41) is 12.6. The Hall–Kier alpha value is -0.650. The molecular formula is C11H22N2O3. The second-order valence-corrected chi connectivity index (χ2v) is 4.66. The van der Waals surface area contributed by atoms with E-state index in [0.717, 1.165) is 6.42 Å². The van der Waals surface area contributed by atoms with Crippen molar-refractivity contribution in [1.29, 1.82) is 0 Å². The topological polar surface area (TPSA) is 84.6 Å². The molecule has 16 heavy (non-hydrogen) atoms. The Morgan fingerprint density at radius 1 is 1.69 bits per heavy atom. The fourth-order valence-corrected chi connectivity index (χ4v) is 1.62. The molecule has 1 fully saturated rings. The lowest BCUT2D eigenvalue weighted by Gasteiger charge is -2.23. The lowest BCUT2D eigenvalue weighted by Crippen LogP contribution is -2.50. The van der Waals surface area contributed by atoms with E-state index >= 15 is 0 Å². The first-order valence-corrected chi connectivity index (χ1v) is 5.82. The summed E-state index contributed by atoms with van der Waals surface area (Å²) in [5.41, 5.74) is 4.86. The number of hydrogen-bond donors (Lipinski definition) is 3. The Morgan fingerprint density at radius 2 is 2.38 bits per heavy atom. The van der Waals surface area contributed by atoms with E-state index in [-0.39, 0.29) is 25.0 Å². The molecule has 3 atom stereocenters. The number of nitrogens with one attached hydrogen (secondary N) is 1. The van der Waals surface area contributed by atoms with Gasteiger partial charge in [0, 0.05) is 19.6 Å². The number of hydrogen-bond acceptors (Lipinski definition) is 4. The van der Waals surface area contributed by atoms with Gasteiger partial charge in [0.25, 0.3) is 0 Å². The van der Waals surface area contributed by atoms with Gasteiger partial charge in [0.05, 0.1) is 12.6 Å². The van der Waals surface area contributed by atoms with Crippen LogP contribution in [-0.2, 0) is 9.53 Å². The third-order valence-corrected chi connectivity index (χ3v) is 3.23. The molecule has 5 nitrogen and oxygen atoms in total. The van der Waals surface area contributed by atoms with Crippen LogP contribution in [0.4, 0.5) is 0 Å². The summed E-state index contributed by atoms with van der Waals surface area (Å²) < 4.78 is 5.09. The van der Waals surface area contributed by atoms with Crippen molar-refractivity contribution in [3.63, 3.8) is 0 Å². The fraction of sp³-hybridized carbons (Fsp3) is 0.909. The highest BCUT2D eigenvalue weighted by Crippen LogP contribution is 2.17. The van der Waals surface area contributed by atoms with E-state index in [4.69, 9.17) is 10.5 Å². The van der Waals surface area contributed by atoms with Crippen LogP contribution in [0.3, 0.4) is 0 Å². The number of carbonyl (C=O) groups excluding carboxylic acids is 1. The molecule has 0 aromatic heterocycles. The summed E-state index contributed by atoms with van der Waals surface area (Å²) in [6.07, 6.45) is 1.42. The normalized spacial score (nSPS) is 28.8. The molecule has 5 heteroatoms. The summed E-state index contributed by atoms with van der Waals surface area (Å²) in [6.45, 7) is 4.99. The molecule has 1 rings (SSSR count). The van der Waals surface area contributed by atoms with E-state index in [2.05, 4.69) is 5.32 Å². The van der Waals surface area contributed by atoms with Gasteiger partial charge in [-0.25, -0.2) is 0 Å². The number of carbonyl (C=O) groups is 1. The summed E-state index contributed by atoms with van der Waals surface area (Å²) in [7, 11) is 0. The van der Waals surface area contributed by atoms with Crippen LogP contribution in [0.5, 0.6) is 0 Å². The van der Waals surface area contributed by atoms with E-state index in [1.165, 1.54) is 0 Å². The van der Waals surface area contributed by atoms with Gasteiger partial charge in [0.15, 0.2) is 0 Å². The molecule has 0 radical (unpaired) electrons. The van der Waals surface area contributed by atoms with E-state index in [0.29, 0.717) is 13.0 Å². The molecule has 1 amide bonds. The van der Waals surface area contributed by atoms with Crippen LogP contribution in [0.1, 0.15) is 26.7 Å². The molecule has 1 heterocycles. The van der Waals surface area contributed by atoms with Crippen LogP contribution in [0, 0.1) is 5.92 Å². The molecule has 0 aromatic carbocycles. The molecule has 0 bridgehead atoms. The van der Waals surface area contributed by atoms with Gasteiger partial charge in [0.1, 0.15) is 5.60 Å². The minimum Gasteiger partial charge on any atom is -0.386 e. The molecule has 0 saturated carbocycles. The van der Waals surface area contributed by atoms with Gasteiger partial charge in [-0.05, 0) is 5.92 Å². The third kappa shape index (κ3) is 3.43. The van der Waals surface area contributed by atoms with Gasteiger partial charge in [-0.2, -0.15) is 0 Å². The summed E-state index contributed by atoms with van der Waals surface area (Å²) >= 11 is 0. The highest BCUT2D eigenvalue weighted by molar-refractivity contribution is 5.81. The first-order chi connectivity index (χ1) is 7.48. The monoisotopic (exact) mass is 230 g/mol. The zero-order chi connectivity index (χ0) is 12.2. The molecule has 94 valence electrons. The van der Waals surface area contributed by atoms with Gasteiger partial charge >= 0.3 is 0 Å². The number of amides is 1. The second-order valence-electron chi connectivity index (χ2n) is 4.66. The van der Waals surface area contributed by atoms with Crippen molar-refractivity contribution >= 4 is 5.91 Å². The van der Waals surface area contributed by atoms with Crippen molar-refractivity contribution in [3.8, 4) is 0 Å². The molecule has 1 aliphatic heterocycles. The van der Waals surface area contributed by atoms with Crippen molar-refractivity contribution in [1.82, 2.24) is 5.32 Å². The van der Waals surface area contributed by atoms with Crippen LogP contribution >= 0.6 is 0 Å². The molecule has 1 aliphatic rings. The van der Waals surface area contributed by atoms with Crippen LogP contribution < -0.4 is 11.1 Å². The molecule has 0 aliphatic carbocycles. The van der Waals surface area contributed by atoms with Crippen LogP contribution in [-0.4, -0.2) is 42.4 Å². The van der Waals surface area contributed by atoms with E-state index in [1.54, 1.807) is 0 Å². The Balaban J connectivity index is 2.34. The van der Waals surface area contributed by atoms with Crippen molar-refractivity contribution in [3.05, 3.63) is 0 Å². The molecule has 4 N–H and O–H groups in total. The molecule has 1 unspecified atom stereocenters. The predicted octanol–water partition coefficient (Wildman–Crippen LogP) is -0.373. The zero-order valence-corrected chi connectivity index (χ0v) is 10.0. The highest BCUT2D eigenvalue weighted by atomic mass is 16.5. The van der Waals surface area contributed by atoms with E-state index in [1.807, 2.05) is 13.8 Å². The minimum atomic E-state index is -0.912. The van der Waals surface area contributed by atoms with Crippen molar-refractivity contribution in [2.75, 3.05) is 19.8 Å². The highest BCUT2D eigenvalue weighted by Gasteiger charge is 2.33. The maximum atomic E-state index is 11.7. The van der Waals surface area contributed by atoms with Gasteiger partial charge in [-0.1, -0.05) is 20.3 Å². The smallest absolute Gasteiger partial charge is 0.237 e. The number of rotatable bonds is 5. The number of aliphatic hydroxyl groups is 1. The molecule has 0 aromatic rings. The third-order valence-electron chi connectivity index (χ3n) is 3.23. The summed E-state index contributed by atoms with van der Waals surface area (Å²) in [5.74, 6) is -0.0517. The fourth-order valence-electron chi connectivity index (χ4n) is 1.62. The molecular weight excluding hydrogens is 208 g/mol. The Morgan fingerprint density at radius 3 is 2.88 bits per heavy atom. The lowest BCUT2D eigenvalue weighted by molar-refractivity contribution is -0.124. The van der Waals surface area contributed by atoms with Crippen molar-refractivity contribution in [2.24, 2.45) is 11.7 Å². The van der Waals surface area contributed by atoms with E-state index < -0.39 is 11.6 Å². The number of ether oxygens (including phenoxy) is 1. The standard InChI is InChI=1S/C11H22N2O3/c1-3-8(2)9(12)10(14)13-6-11(15)4-5-16-7-11/h8-9,15H,3-7,12H2,1-2H3,(H,13,14)/t8-,9-,11?/m0/s1. The predicted molar refractivity (Wildman–Crippen MR) is 60.8 cm³/mol. The second kappa shape index (κ2) is 5.61. The van der Waals surface area contributed by atoms with Gasteiger partial charge in [0.2, 0.25) is 5.91 Å². The average Bonchev–Trinajstić information content (AvgIpc) is 2.71. The van der Waals surface area contributed by atoms with Crippen molar-refractivity contribution in [2.45, 2.75) is 38.3 Å². The molecule has 1 saturated heterocycles. The first-order valence-electron chi connectivity index (χ1n) is 5.82. The van der Waals surface area contributed by atoms with Crippen LogP contribution in [0.25, 0.3) is 0 Å². The average molecular weight is 230 g/mol. The lowest BCUT2D eigenvalue weighted by atomic mass is 9.98. The van der Waals surface area contributed by atoms with Gasteiger partial charge < -0.3 is 20.9 Å².